The van der Waals surface area contributed by atoms with Crippen LogP contribution >= 0.6 is 0 Å². The van der Waals surface area contributed by atoms with Gasteiger partial charge in [0.15, 0.2) is 0 Å². The van der Waals surface area contributed by atoms with Crippen molar-refractivity contribution in [2.45, 2.75) is 85.5 Å². The monoisotopic (exact) mass is 276 g/mol. The molecule has 1 rings (SSSR count). The van der Waals surface area contributed by atoms with E-state index in [1.54, 1.807) is 0 Å². The largest absolute Gasteiger partial charge is 0.507 e. The predicted octanol–water partition coefficient (Wildman–Crippen LogP) is 5.73. The molecule has 0 aliphatic carbocycles. The summed E-state index contributed by atoms with van der Waals surface area (Å²) >= 11 is 0. The van der Waals surface area contributed by atoms with E-state index in [-0.39, 0.29) is 0 Å². The lowest BCUT2D eigenvalue weighted by molar-refractivity contribution is 0.460. The highest BCUT2D eigenvalue weighted by molar-refractivity contribution is 5.49. The molecule has 0 fully saturated rings. The Morgan fingerprint density at radius 3 is 1.85 bits per heavy atom. The molecule has 1 heteroatoms. The second kappa shape index (κ2) is 9.05. The van der Waals surface area contributed by atoms with Crippen LogP contribution in [-0.4, -0.2) is 5.11 Å². The van der Waals surface area contributed by atoms with E-state index in [0.717, 1.165) is 24.8 Å². The Hall–Kier alpha value is -0.980. The molecule has 0 aliphatic heterocycles. The quantitative estimate of drug-likeness (QED) is 0.611. The third kappa shape index (κ3) is 4.54. The van der Waals surface area contributed by atoms with Crippen molar-refractivity contribution in [3.05, 3.63) is 28.3 Å². The van der Waals surface area contributed by atoms with Gasteiger partial charge in [-0.3, -0.25) is 0 Å². The first kappa shape index (κ1) is 17.1. The molecule has 0 saturated carbocycles. The molecule has 20 heavy (non-hydrogen) atoms. The number of unbranched alkanes of at least 4 members (excludes halogenated alkanes) is 3. The van der Waals surface area contributed by atoms with Crippen molar-refractivity contribution in [2.24, 2.45) is 0 Å². The maximum absolute atomic E-state index is 10.5. The van der Waals surface area contributed by atoms with E-state index >= 15 is 0 Å². The lowest BCUT2D eigenvalue weighted by Gasteiger charge is -2.18. The second-order valence-electron chi connectivity index (χ2n) is 5.97. The summed E-state index contributed by atoms with van der Waals surface area (Å²) in [7, 11) is 0. The van der Waals surface area contributed by atoms with Gasteiger partial charge in [0.05, 0.1) is 0 Å². The van der Waals surface area contributed by atoms with Gasteiger partial charge in [-0.1, -0.05) is 46.1 Å². The minimum atomic E-state index is 0.560. The molecular weight excluding hydrogens is 244 g/mol. The highest BCUT2D eigenvalue weighted by Crippen LogP contribution is 2.32. The van der Waals surface area contributed by atoms with Gasteiger partial charge in [0.25, 0.3) is 0 Å². The highest BCUT2D eigenvalue weighted by Gasteiger charge is 2.15. The molecule has 0 amide bonds. The van der Waals surface area contributed by atoms with Gasteiger partial charge in [-0.2, -0.15) is 0 Å². The number of hydrogen-bond acceptors (Lipinski definition) is 1. The van der Waals surface area contributed by atoms with Crippen molar-refractivity contribution >= 4 is 0 Å². The first-order chi connectivity index (χ1) is 9.65. The lowest BCUT2D eigenvalue weighted by atomic mass is 9.88. The van der Waals surface area contributed by atoms with Crippen LogP contribution in [0.3, 0.4) is 0 Å². The molecule has 0 atom stereocenters. The van der Waals surface area contributed by atoms with Crippen LogP contribution in [0.1, 0.15) is 81.5 Å². The zero-order valence-corrected chi connectivity index (χ0v) is 13.9. The van der Waals surface area contributed by atoms with E-state index in [1.807, 2.05) is 6.92 Å². The first-order valence-corrected chi connectivity index (χ1v) is 8.48. The molecule has 0 aromatic heterocycles. The smallest absolute Gasteiger partial charge is 0.121 e. The summed E-state index contributed by atoms with van der Waals surface area (Å²) < 4.78 is 0. The normalized spacial score (nSPS) is 11.0. The standard InChI is InChI=1S/C19H32O/c1-5-8-11-16-14-15(4)19(20)18(13-10-7-3)17(16)12-9-6-2/h14,20H,5-13H2,1-4H3. The Kier molecular flexibility index (Phi) is 7.72. The van der Waals surface area contributed by atoms with Crippen molar-refractivity contribution in [3.63, 3.8) is 0 Å². The second-order valence-corrected chi connectivity index (χ2v) is 5.97. The number of aromatic hydroxyl groups is 1. The van der Waals surface area contributed by atoms with Gasteiger partial charge in [-0.05, 0) is 67.7 Å². The van der Waals surface area contributed by atoms with E-state index in [4.69, 9.17) is 0 Å². The van der Waals surface area contributed by atoms with Crippen molar-refractivity contribution in [2.75, 3.05) is 0 Å². The lowest BCUT2D eigenvalue weighted by Crippen LogP contribution is -2.03. The topological polar surface area (TPSA) is 20.2 Å². The Bertz CT molecular complexity index is 407. The highest BCUT2D eigenvalue weighted by atomic mass is 16.3. The Balaban J connectivity index is 3.15. The Morgan fingerprint density at radius 1 is 0.800 bits per heavy atom. The maximum Gasteiger partial charge on any atom is 0.121 e. The average molecular weight is 276 g/mol. The van der Waals surface area contributed by atoms with Gasteiger partial charge in [0.2, 0.25) is 0 Å². The summed E-state index contributed by atoms with van der Waals surface area (Å²) in [5.41, 5.74) is 5.24. The van der Waals surface area contributed by atoms with Crippen LogP contribution in [0.4, 0.5) is 0 Å². The third-order valence-corrected chi connectivity index (χ3v) is 4.16. The molecule has 114 valence electrons. The Labute approximate surface area is 125 Å². The predicted molar refractivity (Wildman–Crippen MR) is 88.7 cm³/mol. The first-order valence-electron chi connectivity index (χ1n) is 8.48. The third-order valence-electron chi connectivity index (χ3n) is 4.16. The Morgan fingerprint density at radius 2 is 1.30 bits per heavy atom. The van der Waals surface area contributed by atoms with Gasteiger partial charge in [0.1, 0.15) is 5.75 Å². The summed E-state index contributed by atoms with van der Waals surface area (Å²) in [4.78, 5) is 0. The van der Waals surface area contributed by atoms with E-state index in [0.29, 0.717) is 5.75 Å². The molecule has 0 saturated heterocycles. The summed E-state index contributed by atoms with van der Waals surface area (Å²) in [6.45, 7) is 8.75. The number of benzene rings is 1. The fraction of sp³-hybridized carbons (Fsp3) is 0.684. The number of phenolic OH excluding ortho intramolecular Hbond substituents is 1. The fourth-order valence-electron chi connectivity index (χ4n) is 2.87. The summed E-state index contributed by atoms with van der Waals surface area (Å²) in [5, 5.41) is 10.5. The van der Waals surface area contributed by atoms with Crippen molar-refractivity contribution < 1.29 is 5.11 Å². The fourth-order valence-corrected chi connectivity index (χ4v) is 2.87. The van der Waals surface area contributed by atoms with Crippen LogP contribution in [0.2, 0.25) is 0 Å². The molecule has 0 bridgehead atoms. The van der Waals surface area contributed by atoms with Crippen LogP contribution in [0, 0.1) is 6.92 Å². The van der Waals surface area contributed by atoms with Crippen LogP contribution in [0.25, 0.3) is 0 Å². The van der Waals surface area contributed by atoms with Gasteiger partial charge in [-0.25, -0.2) is 0 Å². The van der Waals surface area contributed by atoms with E-state index in [9.17, 15) is 5.11 Å². The molecule has 0 heterocycles. The van der Waals surface area contributed by atoms with Crippen LogP contribution < -0.4 is 0 Å². The summed E-state index contributed by atoms with van der Waals surface area (Å²) in [6, 6.07) is 2.23. The van der Waals surface area contributed by atoms with Crippen LogP contribution in [-0.2, 0) is 19.3 Å². The van der Waals surface area contributed by atoms with Gasteiger partial charge in [0, 0.05) is 0 Å². The number of aryl methyl sites for hydroxylation is 2. The SMILES string of the molecule is CCCCc1cc(C)c(O)c(CCCC)c1CCCC. The zero-order chi connectivity index (χ0) is 15.0. The molecule has 0 spiro atoms. The average Bonchev–Trinajstić information content (AvgIpc) is 2.45. The molecule has 0 radical (unpaired) electrons. The van der Waals surface area contributed by atoms with Gasteiger partial charge < -0.3 is 5.11 Å². The minimum absolute atomic E-state index is 0.560. The van der Waals surface area contributed by atoms with Crippen molar-refractivity contribution in [1.82, 2.24) is 0 Å². The van der Waals surface area contributed by atoms with Crippen molar-refractivity contribution in [1.29, 1.82) is 0 Å². The van der Waals surface area contributed by atoms with E-state index < -0.39 is 0 Å². The molecule has 0 unspecified atom stereocenters. The van der Waals surface area contributed by atoms with Crippen LogP contribution in [0.15, 0.2) is 6.07 Å². The minimum Gasteiger partial charge on any atom is -0.507 e. The van der Waals surface area contributed by atoms with E-state index in [2.05, 4.69) is 26.8 Å². The zero-order valence-electron chi connectivity index (χ0n) is 13.9. The molecule has 1 nitrogen and oxygen atoms in total. The number of rotatable bonds is 9. The molecular formula is C19H32O. The van der Waals surface area contributed by atoms with Crippen LogP contribution in [0.5, 0.6) is 5.75 Å². The van der Waals surface area contributed by atoms with Gasteiger partial charge in [-0.15, -0.1) is 0 Å². The molecule has 1 N–H and O–H groups in total. The summed E-state index contributed by atoms with van der Waals surface area (Å²) in [6.07, 6.45) is 10.6. The van der Waals surface area contributed by atoms with E-state index in [1.165, 1.54) is 55.2 Å². The summed E-state index contributed by atoms with van der Waals surface area (Å²) in [5.74, 6) is 0.560. The molecule has 1 aromatic rings. The van der Waals surface area contributed by atoms with Crippen molar-refractivity contribution in [3.8, 4) is 5.75 Å². The maximum atomic E-state index is 10.5. The number of hydrogen-bond donors (Lipinski definition) is 1. The number of phenols is 1. The molecule has 0 aliphatic rings. The van der Waals surface area contributed by atoms with Gasteiger partial charge >= 0.3 is 0 Å². The molecule has 1 aromatic carbocycles.